The number of alkyl halides is 3. The molecule has 0 saturated carbocycles. The molecule has 40 heavy (non-hydrogen) atoms. The Morgan fingerprint density at radius 1 is 1.12 bits per heavy atom. The Morgan fingerprint density at radius 2 is 1.88 bits per heavy atom. The average Bonchev–Trinajstić information content (AvgIpc) is 3.34. The van der Waals surface area contributed by atoms with Gasteiger partial charge in [0.2, 0.25) is 5.91 Å². The van der Waals surface area contributed by atoms with Gasteiger partial charge in [0.1, 0.15) is 6.61 Å². The molecule has 0 atom stereocenters. The highest BCUT2D eigenvalue weighted by atomic mass is 35.5. The van der Waals surface area contributed by atoms with Gasteiger partial charge in [0.25, 0.3) is 0 Å². The van der Waals surface area contributed by atoms with E-state index >= 15 is 0 Å². The van der Waals surface area contributed by atoms with E-state index in [1.165, 1.54) is 18.3 Å². The van der Waals surface area contributed by atoms with E-state index in [1.54, 1.807) is 41.8 Å². The second kappa shape index (κ2) is 12.8. The molecule has 0 bridgehead atoms. The van der Waals surface area contributed by atoms with Crippen molar-refractivity contribution < 1.29 is 22.7 Å². The van der Waals surface area contributed by atoms with Crippen molar-refractivity contribution in [2.24, 2.45) is 5.10 Å². The summed E-state index contributed by atoms with van der Waals surface area (Å²) in [6, 6.07) is 16.9. The molecule has 3 aromatic carbocycles. The minimum Gasteiger partial charge on any atom is -0.486 e. The molecule has 7 nitrogen and oxygen atoms in total. The van der Waals surface area contributed by atoms with Crippen molar-refractivity contribution in [1.29, 1.82) is 5.26 Å². The number of carbonyl (C=O) groups excluding carboxylic acids is 1. The smallest absolute Gasteiger partial charge is 0.416 e. The lowest BCUT2D eigenvalue weighted by Gasteiger charge is -2.11. The maximum Gasteiger partial charge on any atom is 0.416 e. The molecule has 1 amide bonds. The number of hydrogen-bond acceptors (Lipinski definition) is 7. The first-order chi connectivity index (χ1) is 19.1. The predicted molar refractivity (Wildman–Crippen MR) is 148 cm³/mol. The molecule has 0 saturated heterocycles. The second-order valence-electron chi connectivity index (χ2n) is 8.19. The van der Waals surface area contributed by atoms with Gasteiger partial charge in [0, 0.05) is 16.6 Å². The lowest BCUT2D eigenvalue weighted by atomic mass is 10.1. The van der Waals surface area contributed by atoms with Crippen molar-refractivity contribution in [3.05, 3.63) is 104 Å². The molecule has 4 rings (SSSR count). The first-order valence-corrected chi connectivity index (χ1v) is 13.1. The van der Waals surface area contributed by atoms with Gasteiger partial charge in [-0.05, 0) is 42.0 Å². The molecule has 0 unspecified atom stereocenters. The standard InChI is InChI=1S/C27H18Cl2F3N5O2S/c28-22-8-16(9-23(29)25(22)39-14-18-5-2-1-4-17(18)12-33)13-34-37-24(38)11-21-15-40-26(36-21)35-20-7-3-6-19(10-20)27(30,31)32/h1-10,13,15H,11,14H2,(H,35,36)(H,37,38)/b34-13-. The lowest BCUT2D eigenvalue weighted by Crippen LogP contribution is -2.19. The Morgan fingerprint density at radius 3 is 2.60 bits per heavy atom. The van der Waals surface area contributed by atoms with Crippen LogP contribution in [0.4, 0.5) is 24.0 Å². The van der Waals surface area contributed by atoms with E-state index in [2.05, 4.69) is 26.9 Å². The molecule has 1 aromatic heterocycles. The molecule has 4 aromatic rings. The van der Waals surface area contributed by atoms with E-state index < -0.39 is 17.6 Å². The Labute approximate surface area is 240 Å². The van der Waals surface area contributed by atoms with Crippen LogP contribution < -0.4 is 15.5 Å². The number of rotatable bonds is 9. The lowest BCUT2D eigenvalue weighted by molar-refractivity contribution is -0.137. The van der Waals surface area contributed by atoms with E-state index in [0.717, 1.165) is 23.5 Å². The number of carbonyl (C=O) groups is 1. The molecule has 2 N–H and O–H groups in total. The quantitative estimate of drug-likeness (QED) is 0.154. The fraction of sp³-hybridized carbons (Fsp3) is 0.111. The molecule has 1 heterocycles. The van der Waals surface area contributed by atoms with Crippen LogP contribution in [0.2, 0.25) is 10.0 Å². The highest BCUT2D eigenvalue weighted by molar-refractivity contribution is 7.13. The zero-order chi connectivity index (χ0) is 28.7. The number of hydrogen-bond donors (Lipinski definition) is 2. The number of ether oxygens (including phenoxy) is 1. The van der Waals surface area contributed by atoms with Crippen LogP contribution >= 0.6 is 34.5 Å². The fourth-order valence-electron chi connectivity index (χ4n) is 3.42. The van der Waals surface area contributed by atoms with Crippen molar-refractivity contribution >= 4 is 57.5 Å². The van der Waals surface area contributed by atoms with Gasteiger partial charge in [-0.3, -0.25) is 4.79 Å². The minimum absolute atomic E-state index is 0.0977. The predicted octanol–water partition coefficient (Wildman–Crippen LogP) is 7.36. The third-order valence-electron chi connectivity index (χ3n) is 5.27. The van der Waals surface area contributed by atoms with Crippen LogP contribution in [0.25, 0.3) is 0 Å². The maximum atomic E-state index is 12.9. The third-order valence-corrected chi connectivity index (χ3v) is 6.64. The highest BCUT2D eigenvalue weighted by Gasteiger charge is 2.30. The van der Waals surface area contributed by atoms with E-state index in [4.69, 9.17) is 27.9 Å². The zero-order valence-corrected chi connectivity index (χ0v) is 22.6. The van der Waals surface area contributed by atoms with Gasteiger partial charge < -0.3 is 10.1 Å². The van der Waals surface area contributed by atoms with Crippen molar-refractivity contribution in [2.45, 2.75) is 19.2 Å². The molecule has 13 heteroatoms. The normalized spacial score (nSPS) is 11.3. The summed E-state index contributed by atoms with van der Waals surface area (Å²) in [6.45, 7) is 0.0977. The van der Waals surface area contributed by atoms with E-state index in [1.807, 2.05) is 0 Å². The van der Waals surface area contributed by atoms with Crippen LogP contribution in [-0.2, 0) is 24.0 Å². The second-order valence-corrected chi connectivity index (χ2v) is 9.86. The molecule has 204 valence electrons. The molecular weight excluding hydrogens is 586 g/mol. The molecule has 0 spiro atoms. The van der Waals surface area contributed by atoms with Gasteiger partial charge in [-0.15, -0.1) is 11.3 Å². The molecule has 0 aliphatic carbocycles. The maximum absolute atomic E-state index is 12.9. The first kappa shape index (κ1) is 28.9. The van der Waals surface area contributed by atoms with Gasteiger partial charge in [-0.1, -0.05) is 47.5 Å². The molecule has 0 aliphatic rings. The topological polar surface area (TPSA) is 99.4 Å². The highest BCUT2D eigenvalue weighted by Crippen LogP contribution is 2.35. The van der Waals surface area contributed by atoms with Gasteiger partial charge in [0.15, 0.2) is 10.9 Å². The van der Waals surface area contributed by atoms with Crippen molar-refractivity contribution in [2.75, 3.05) is 5.32 Å². The Hall–Kier alpha value is -4.11. The third kappa shape index (κ3) is 7.72. The number of nitrogens with one attached hydrogen (secondary N) is 2. The fourth-order valence-corrected chi connectivity index (χ4v) is 4.77. The zero-order valence-electron chi connectivity index (χ0n) is 20.3. The summed E-state index contributed by atoms with van der Waals surface area (Å²) in [5.74, 6) is -0.212. The number of hydrazone groups is 1. The van der Waals surface area contributed by atoms with Crippen LogP contribution in [0.5, 0.6) is 5.75 Å². The first-order valence-electron chi connectivity index (χ1n) is 11.4. The Kier molecular flexibility index (Phi) is 9.26. The minimum atomic E-state index is -4.46. The summed E-state index contributed by atoms with van der Waals surface area (Å²) < 4.78 is 44.5. The molecule has 0 radical (unpaired) electrons. The summed E-state index contributed by atoms with van der Waals surface area (Å²) in [4.78, 5) is 16.5. The van der Waals surface area contributed by atoms with Gasteiger partial charge in [-0.2, -0.15) is 23.5 Å². The Balaban J connectivity index is 1.31. The van der Waals surface area contributed by atoms with Crippen molar-refractivity contribution in [1.82, 2.24) is 10.4 Å². The van der Waals surface area contributed by atoms with Gasteiger partial charge in [0.05, 0.1) is 45.6 Å². The van der Waals surface area contributed by atoms with Crippen LogP contribution in [0.15, 0.2) is 71.1 Å². The van der Waals surface area contributed by atoms with Crippen molar-refractivity contribution in [3.8, 4) is 11.8 Å². The van der Waals surface area contributed by atoms with Crippen molar-refractivity contribution in [3.63, 3.8) is 0 Å². The number of aromatic nitrogens is 1. The number of anilines is 2. The van der Waals surface area contributed by atoms with Crippen LogP contribution in [0.1, 0.15) is 27.9 Å². The number of nitrogens with zero attached hydrogens (tertiary/aromatic N) is 3. The van der Waals surface area contributed by atoms with E-state index in [-0.39, 0.29) is 34.5 Å². The number of nitriles is 1. The monoisotopic (exact) mass is 603 g/mol. The number of amides is 1. The number of benzene rings is 3. The van der Waals surface area contributed by atoms with Crippen LogP contribution in [0, 0.1) is 11.3 Å². The van der Waals surface area contributed by atoms with E-state index in [9.17, 15) is 23.2 Å². The van der Waals surface area contributed by atoms with Crippen LogP contribution in [-0.4, -0.2) is 17.1 Å². The summed E-state index contributed by atoms with van der Waals surface area (Å²) in [5.41, 5.74) is 3.91. The van der Waals surface area contributed by atoms with Gasteiger partial charge in [-0.25, -0.2) is 10.4 Å². The Bertz CT molecular complexity index is 1580. The summed E-state index contributed by atoms with van der Waals surface area (Å²) >= 11 is 13.8. The SMILES string of the molecule is N#Cc1ccccc1COc1c(Cl)cc(/C=N\NC(=O)Cc2csc(Nc3cccc(C(F)(F)F)c3)n2)cc1Cl. The summed E-state index contributed by atoms with van der Waals surface area (Å²) in [6.07, 6.45) is -3.20. The van der Waals surface area contributed by atoms with E-state index in [0.29, 0.717) is 27.5 Å². The molecule has 0 aliphatic heterocycles. The molecule has 0 fully saturated rings. The van der Waals surface area contributed by atoms with Crippen LogP contribution in [0.3, 0.4) is 0 Å². The largest absolute Gasteiger partial charge is 0.486 e. The van der Waals surface area contributed by atoms with Gasteiger partial charge >= 0.3 is 6.18 Å². The number of halogens is 5. The summed E-state index contributed by atoms with van der Waals surface area (Å²) in [7, 11) is 0. The number of thiazole rings is 1. The molecular formula is C27H18Cl2F3N5O2S. The average molecular weight is 604 g/mol. The summed E-state index contributed by atoms with van der Waals surface area (Å²) in [5, 5.41) is 18.3.